The molecule has 0 spiro atoms. The lowest BCUT2D eigenvalue weighted by atomic mass is 10.2. The van der Waals surface area contributed by atoms with Crippen molar-refractivity contribution in [3.05, 3.63) is 55.9 Å². The lowest BCUT2D eigenvalue weighted by Crippen LogP contribution is -2.25. The van der Waals surface area contributed by atoms with E-state index >= 15 is 0 Å². The standard InChI is InChI=1S/C21H20N4OS2/c26-19-18-12-5-3-9-15(12)27-21(18)24-17(23-19)11-25-10-4-7-14(25)20-22-13-6-1-2-8-16(13)28-20/h1-2,6,8,14H,3-5,7,9-11H2,(H,23,24,26). The number of aromatic amines is 1. The van der Waals surface area contributed by atoms with Crippen LogP contribution in [0.15, 0.2) is 29.1 Å². The maximum absolute atomic E-state index is 12.7. The molecule has 1 N–H and O–H groups in total. The van der Waals surface area contributed by atoms with Gasteiger partial charge >= 0.3 is 0 Å². The van der Waals surface area contributed by atoms with Crippen molar-refractivity contribution in [1.82, 2.24) is 19.9 Å². The van der Waals surface area contributed by atoms with E-state index in [1.807, 2.05) is 6.07 Å². The number of thiophene rings is 1. The topological polar surface area (TPSA) is 61.9 Å². The summed E-state index contributed by atoms with van der Waals surface area (Å²) >= 11 is 3.50. The van der Waals surface area contributed by atoms with E-state index in [0.29, 0.717) is 12.6 Å². The molecule has 1 aromatic carbocycles. The Morgan fingerprint density at radius 2 is 2.07 bits per heavy atom. The van der Waals surface area contributed by atoms with Crippen LogP contribution in [0.25, 0.3) is 20.4 Å². The van der Waals surface area contributed by atoms with E-state index in [4.69, 9.17) is 9.97 Å². The van der Waals surface area contributed by atoms with Crippen LogP contribution < -0.4 is 5.56 Å². The lowest BCUT2D eigenvalue weighted by Gasteiger charge is -2.21. The van der Waals surface area contributed by atoms with Crippen molar-refractivity contribution in [3.8, 4) is 0 Å². The molecular formula is C21H20N4OS2. The van der Waals surface area contributed by atoms with Gasteiger partial charge in [-0.15, -0.1) is 22.7 Å². The average Bonchev–Trinajstić information content (AvgIpc) is 3.43. The highest BCUT2D eigenvalue weighted by Gasteiger charge is 2.30. The van der Waals surface area contributed by atoms with Crippen LogP contribution in [0.3, 0.4) is 0 Å². The second kappa shape index (κ2) is 6.47. The number of para-hydroxylation sites is 1. The van der Waals surface area contributed by atoms with E-state index in [9.17, 15) is 4.79 Å². The molecule has 1 aliphatic carbocycles. The van der Waals surface area contributed by atoms with E-state index in [-0.39, 0.29) is 5.56 Å². The molecule has 28 heavy (non-hydrogen) atoms. The molecule has 4 aromatic rings. The van der Waals surface area contributed by atoms with Crippen molar-refractivity contribution in [3.63, 3.8) is 0 Å². The van der Waals surface area contributed by atoms with Crippen LogP contribution >= 0.6 is 22.7 Å². The molecule has 1 saturated heterocycles. The van der Waals surface area contributed by atoms with Gasteiger partial charge in [0.05, 0.1) is 28.2 Å². The van der Waals surface area contributed by atoms with Crippen molar-refractivity contribution in [2.24, 2.45) is 0 Å². The normalized spacial score (nSPS) is 19.8. The zero-order chi connectivity index (χ0) is 18.7. The molecule has 6 rings (SSSR count). The summed E-state index contributed by atoms with van der Waals surface area (Å²) in [6, 6.07) is 8.64. The number of rotatable bonds is 3. The average molecular weight is 409 g/mol. The Labute approximate surface area is 170 Å². The Morgan fingerprint density at radius 1 is 1.14 bits per heavy atom. The second-order valence-corrected chi connectivity index (χ2v) is 9.84. The molecule has 2 aliphatic rings. The van der Waals surface area contributed by atoms with Gasteiger partial charge in [-0.3, -0.25) is 9.69 Å². The molecule has 5 nitrogen and oxygen atoms in total. The quantitative estimate of drug-likeness (QED) is 0.545. The lowest BCUT2D eigenvalue weighted by molar-refractivity contribution is 0.242. The number of nitrogens with one attached hydrogen (secondary N) is 1. The second-order valence-electron chi connectivity index (χ2n) is 7.70. The summed E-state index contributed by atoms with van der Waals surface area (Å²) in [5, 5.41) is 2.02. The summed E-state index contributed by atoms with van der Waals surface area (Å²) in [6.45, 7) is 1.69. The van der Waals surface area contributed by atoms with Crippen LogP contribution in [-0.2, 0) is 19.4 Å². The smallest absolute Gasteiger partial charge is 0.259 e. The number of benzene rings is 1. The van der Waals surface area contributed by atoms with Crippen LogP contribution in [0.4, 0.5) is 0 Å². The van der Waals surface area contributed by atoms with Gasteiger partial charge in [0.25, 0.3) is 5.56 Å². The van der Waals surface area contributed by atoms with Crippen LogP contribution in [0, 0.1) is 0 Å². The van der Waals surface area contributed by atoms with Crippen molar-refractivity contribution < 1.29 is 0 Å². The van der Waals surface area contributed by atoms with E-state index in [2.05, 4.69) is 28.1 Å². The van der Waals surface area contributed by atoms with E-state index in [0.717, 1.165) is 60.2 Å². The summed E-state index contributed by atoms with van der Waals surface area (Å²) in [4.78, 5) is 30.2. The Kier molecular flexibility index (Phi) is 3.89. The van der Waals surface area contributed by atoms with E-state index in [1.165, 1.54) is 20.1 Å². The highest BCUT2D eigenvalue weighted by atomic mass is 32.1. The first kappa shape index (κ1) is 16.8. The van der Waals surface area contributed by atoms with Gasteiger partial charge in [-0.25, -0.2) is 9.97 Å². The first-order chi connectivity index (χ1) is 13.8. The highest BCUT2D eigenvalue weighted by Crippen LogP contribution is 2.38. The summed E-state index contributed by atoms with van der Waals surface area (Å²) < 4.78 is 1.24. The third-order valence-corrected chi connectivity index (χ3v) is 8.26. The zero-order valence-corrected chi connectivity index (χ0v) is 17.0. The molecule has 4 heterocycles. The van der Waals surface area contributed by atoms with E-state index < -0.39 is 0 Å². The van der Waals surface area contributed by atoms with Crippen LogP contribution in [0.5, 0.6) is 0 Å². The molecule has 0 bridgehead atoms. The number of hydrogen-bond acceptors (Lipinski definition) is 6. The number of H-pyrrole nitrogens is 1. The minimum Gasteiger partial charge on any atom is -0.309 e. The molecule has 7 heteroatoms. The van der Waals surface area contributed by atoms with Crippen molar-refractivity contribution in [2.45, 2.75) is 44.7 Å². The van der Waals surface area contributed by atoms with Gasteiger partial charge in [0, 0.05) is 4.88 Å². The highest BCUT2D eigenvalue weighted by molar-refractivity contribution is 7.19. The van der Waals surface area contributed by atoms with Gasteiger partial charge in [0.15, 0.2) is 0 Å². The fourth-order valence-corrected chi connectivity index (χ4v) is 7.06. The monoisotopic (exact) mass is 408 g/mol. The van der Waals surface area contributed by atoms with Crippen molar-refractivity contribution in [1.29, 1.82) is 0 Å². The molecule has 0 saturated carbocycles. The number of nitrogens with zero attached hydrogens (tertiary/aromatic N) is 3. The predicted molar refractivity (Wildman–Crippen MR) is 114 cm³/mol. The Bertz CT molecular complexity index is 1220. The predicted octanol–water partition coefficient (Wildman–Crippen LogP) is 4.42. The fourth-order valence-electron chi connectivity index (χ4n) is 4.64. The molecule has 3 aromatic heterocycles. The molecule has 1 atom stereocenters. The zero-order valence-electron chi connectivity index (χ0n) is 15.4. The van der Waals surface area contributed by atoms with Gasteiger partial charge < -0.3 is 4.98 Å². The number of aromatic nitrogens is 3. The summed E-state index contributed by atoms with van der Waals surface area (Å²) in [5.74, 6) is 0.783. The summed E-state index contributed by atoms with van der Waals surface area (Å²) in [5.41, 5.74) is 2.36. The third-order valence-electron chi connectivity index (χ3n) is 5.94. The molecule has 142 valence electrons. The maximum atomic E-state index is 12.7. The Morgan fingerprint density at radius 3 is 3.00 bits per heavy atom. The molecule has 0 amide bonds. The number of fused-ring (bicyclic) bond motifs is 4. The van der Waals surface area contributed by atoms with Gasteiger partial charge in [-0.05, 0) is 56.3 Å². The third kappa shape index (κ3) is 2.64. The molecule has 1 aliphatic heterocycles. The van der Waals surface area contributed by atoms with Gasteiger partial charge in [-0.2, -0.15) is 0 Å². The van der Waals surface area contributed by atoms with Crippen LogP contribution in [0.1, 0.15) is 46.6 Å². The van der Waals surface area contributed by atoms with Gasteiger partial charge in [0.1, 0.15) is 15.7 Å². The minimum absolute atomic E-state index is 0.0372. The first-order valence-corrected chi connectivity index (χ1v) is 11.5. The summed E-state index contributed by atoms with van der Waals surface area (Å²) in [6.07, 6.45) is 5.54. The Balaban J connectivity index is 1.33. The Hall–Kier alpha value is -2.09. The molecule has 1 unspecified atom stereocenters. The van der Waals surface area contributed by atoms with E-state index in [1.54, 1.807) is 22.7 Å². The number of likely N-dealkylation sites (tertiary alicyclic amines) is 1. The van der Waals surface area contributed by atoms with Gasteiger partial charge in [0.2, 0.25) is 0 Å². The molecule has 0 radical (unpaired) electrons. The van der Waals surface area contributed by atoms with Crippen molar-refractivity contribution in [2.75, 3.05) is 6.54 Å². The maximum Gasteiger partial charge on any atom is 0.259 e. The number of aryl methyl sites for hydroxylation is 2. The fraction of sp³-hybridized carbons (Fsp3) is 0.381. The molecule has 1 fully saturated rings. The van der Waals surface area contributed by atoms with Crippen LogP contribution in [-0.4, -0.2) is 26.4 Å². The molecular weight excluding hydrogens is 388 g/mol. The number of thiazole rings is 1. The number of hydrogen-bond donors (Lipinski definition) is 1. The van der Waals surface area contributed by atoms with Crippen molar-refractivity contribution >= 4 is 43.1 Å². The largest absolute Gasteiger partial charge is 0.309 e. The minimum atomic E-state index is 0.0372. The van der Waals surface area contributed by atoms with Gasteiger partial charge in [-0.1, -0.05) is 12.1 Å². The van der Waals surface area contributed by atoms with Crippen LogP contribution in [0.2, 0.25) is 0 Å². The SMILES string of the molecule is O=c1[nH]c(CN2CCCC2c2nc3ccccc3s2)nc2sc3c(c12)CCC3. The summed E-state index contributed by atoms with van der Waals surface area (Å²) in [7, 11) is 0. The first-order valence-electron chi connectivity index (χ1n) is 9.89.